The Hall–Kier alpha value is -13.5. The molecule has 50 nitrogen and oxygen atoms in total. The molecule has 0 bridgehead atoms. The molecule has 6 rings (SSSR count). The number of allylic oxidation sites excluding steroid dienone is 1. The lowest BCUT2D eigenvalue weighted by molar-refractivity contribution is -0.143. The lowest BCUT2D eigenvalue weighted by Crippen LogP contribution is -2.62. The maximum absolute atomic E-state index is 15.3. The van der Waals surface area contributed by atoms with Crippen LogP contribution in [-0.2, 0) is 113 Å². The number of hydrogen-bond donors (Lipinski definition) is 25. The van der Waals surface area contributed by atoms with Gasteiger partial charge in [-0.3, -0.25) is 106 Å². The monoisotopic (exact) mass is 2110 g/mol. The van der Waals surface area contributed by atoms with Gasteiger partial charge in [0, 0.05) is 126 Å². The van der Waals surface area contributed by atoms with E-state index in [1.165, 1.54) is 71.6 Å². The van der Waals surface area contributed by atoms with E-state index in [1.807, 2.05) is 0 Å². The fourth-order valence-electron chi connectivity index (χ4n) is 16.7. The first-order valence-corrected chi connectivity index (χ1v) is 51.3. The van der Waals surface area contributed by atoms with Crippen LogP contribution in [0.25, 0.3) is 10.9 Å². The second-order valence-electron chi connectivity index (χ2n) is 37.1. The maximum atomic E-state index is 15.3. The number of hydrogen-bond acceptors (Lipinski definition) is 29. The fraction of sp³-hybridized carbons (Fsp3) is 0.630. The third-order valence-corrected chi connectivity index (χ3v) is 24.6. The summed E-state index contributed by atoms with van der Waals surface area (Å²) >= 11 is 0. The number of aromatic amines is 1. The number of fused-ring (bicyclic) bond motifs is 1. The third-order valence-electron chi connectivity index (χ3n) is 24.6. The number of ether oxygens (including phenoxy) is 2. The van der Waals surface area contributed by atoms with Crippen molar-refractivity contribution in [2.24, 2.45) is 21.5 Å². The number of rotatable bonds is 64. The van der Waals surface area contributed by atoms with E-state index in [9.17, 15) is 107 Å². The van der Waals surface area contributed by atoms with Crippen LogP contribution in [0.1, 0.15) is 218 Å². The van der Waals surface area contributed by atoms with Gasteiger partial charge >= 0.3 is 17.9 Å². The molecule has 150 heavy (non-hydrogen) atoms. The second-order valence-corrected chi connectivity index (χ2v) is 37.1. The van der Waals surface area contributed by atoms with Crippen LogP contribution in [0.15, 0.2) is 82.6 Å². The van der Waals surface area contributed by atoms with Crippen LogP contribution in [0.4, 0.5) is 0 Å². The first kappa shape index (κ1) is 127. The van der Waals surface area contributed by atoms with E-state index in [1.54, 1.807) is 73.1 Å². The number of nitrogens with two attached hydrogens (primary N) is 2. The van der Waals surface area contributed by atoms with Crippen molar-refractivity contribution < 1.29 is 141 Å². The number of amides is 15. The van der Waals surface area contributed by atoms with Crippen molar-refractivity contribution in [1.82, 2.24) is 89.2 Å². The van der Waals surface area contributed by atoms with Crippen molar-refractivity contribution in [3.63, 3.8) is 0 Å². The molecule has 27 N–H and O–H groups in total. The number of ketones is 1. The summed E-state index contributed by atoms with van der Waals surface area (Å²) in [5.41, 5.74) is 13.4. The molecule has 50 heteroatoms. The van der Waals surface area contributed by atoms with Gasteiger partial charge in [-0.05, 0) is 101 Å². The number of aliphatic imine (C=N–C) groups is 2. The Balaban J connectivity index is 0.000000829. The SMILES string of the molecule is CC(=O)N[C@@H](CO)C(=O)NCCOCCOCCNC(=O)CCCCCCCCCCCCCCCCC(=O)O.CC(=O)N[C@H]1CCCC(=O)C[C@@H](C(=O)N2CCC[C@H]2C(=O)N[C@@H](CO)C(=O)N[C@@H](CO)C(=O)N[C@@H](CO)C(=O)N[C@@H](CCCCN(CC(=O)O)CC(=O)O)C(=O)N[C@H](C)CO)NC(=O)[C@H](Cc2c[nH]c3ccccc23)NC(=O)[C@H](CCCN=C(N)N)NC(=O)[C@@H](Cc2ccccc2)NC(=O)[C@H](CC2=CCC=N2)NC1=O. The zero-order chi connectivity index (χ0) is 110. The summed E-state index contributed by atoms with van der Waals surface area (Å²) in [6, 6.07) is -4.24. The summed E-state index contributed by atoms with van der Waals surface area (Å²) in [7, 11) is 0. The number of aromatic nitrogens is 1. The number of guanidine groups is 1. The minimum atomic E-state index is -1.97. The number of carbonyl (C=O) groups is 19. The quantitative estimate of drug-likeness (QED) is 0.0152. The molecule has 3 aliphatic heterocycles. The summed E-state index contributed by atoms with van der Waals surface area (Å²) < 4.78 is 10.8. The van der Waals surface area contributed by atoms with Gasteiger partial charge in [0.1, 0.15) is 78.3 Å². The summed E-state index contributed by atoms with van der Waals surface area (Å²) in [6.07, 6.45) is 20.2. The van der Waals surface area contributed by atoms with E-state index in [0.717, 1.165) is 48.8 Å². The lowest BCUT2D eigenvalue weighted by atomic mass is 9.99. The van der Waals surface area contributed by atoms with Crippen molar-refractivity contribution in [3.8, 4) is 0 Å². The first-order chi connectivity index (χ1) is 71.9. The number of aliphatic hydroxyl groups is 5. The Morgan fingerprint density at radius 2 is 1.03 bits per heavy atom. The van der Waals surface area contributed by atoms with E-state index >= 15 is 14.4 Å². The van der Waals surface area contributed by atoms with Crippen LogP contribution in [0.5, 0.6) is 0 Å². The molecular weight excluding hydrogens is 1960 g/mol. The molecule has 2 saturated heterocycles. The molecule has 0 radical (unpaired) electrons. The molecule has 834 valence electrons. The van der Waals surface area contributed by atoms with E-state index < -0.39 is 238 Å². The van der Waals surface area contributed by atoms with E-state index in [0.29, 0.717) is 73.4 Å². The normalized spacial score (nSPS) is 18.5. The Morgan fingerprint density at radius 3 is 1.58 bits per heavy atom. The minimum Gasteiger partial charge on any atom is -0.481 e. The van der Waals surface area contributed by atoms with Crippen LogP contribution < -0.4 is 85.9 Å². The number of carboxylic acids is 3. The summed E-state index contributed by atoms with van der Waals surface area (Å²) in [5, 5.41) is 113. The molecule has 3 aliphatic rings. The highest BCUT2D eigenvalue weighted by Crippen LogP contribution is 2.25. The van der Waals surface area contributed by atoms with Crippen LogP contribution in [0.3, 0.4) is 0 Å². The average Bonchev–Trinajstić information content (AvgIpc) is 1.64. The van der Waals surface area contributed by atoms with Crippen molar-refractivity contribution in [2.45, 2.75) is 298 Å². The number of carboxylic acid groups (broad SMARTS) is 3. The fourth-order valence-corrected chi connectivity index (χ4v) is 16.7. The number of aliphatic hydroxyl groups excluding tert-OH is 5. The van der Waals surface area contributed by atoms with Crippen LogP contribution in [-0.4, -0.2) is 364 Å². The van der Waals surface area contributed by atoms with E-state index in [-0.39, 0.29) is 128 Å². The number of nitrogens with one attached hydrogen (secondary N) is 15. The number of nitrogens with zero attached hydrogens (tertiary/aromatic N) is 4. The summed E-state index contributed by atoms with van der Waals surface area (Å²) in [5.74, 6) is -17.0. The highest BCUT2D eigenvalue weighted by atomic mass is 16.5. The molecule has 2 fully saturated rings. The van der Waals surface area contributed by atoms with Gasteiger partial charge in [0.05, 0.1) is 72.6 Å². The largest absolute Gasteiger partial charge is 0.481 e. The molecule has 4 heterocycles. The Kier molecular flexibility index (Phi) is 60.9. The molecular formula is C100H155N21O29. The smallest absolute Gasteiger partial charge is 0.317 e. The number of likely N-dealkylation sites (tertiary alicyclic amines) is 1. The van der Waals surface area contributed by atoms with Gasteiger partial charge in [-0.25, -0.2) is 0 Å². The van der Waals surface area contributed by atoms with E-state index in [2.05, 4.69) is 89.4 Å². The number of aliphatic carboxylic acids is 3. The number of H-pyrrole nitrogens is 1. The van der Waals surface area contributed by atoms with Crippen LogP contribution in [0.2, 0.25) is 0 Å². The van der Waals surface area contributed by atoms with Crippen LogP contribution >= 0.6 is 0 Å². The van der Waals surface area contributed by atoms with Crippen molar-refractivity contribution in [3.05, 3.63) is 83.7 Å². The molecule has 0 saturated carbocycles. The van der Waals surface area contributed by atoms with Gasteiger partial charge in [0.15, 0.2) is 5.96 Å². The van der Waals surface area contributed by atoms with Gasteiger partial charge in [-0.15, -0.1) is 0 Å². The molecule has 0 unspecified atom stereocenters. The maximum Gasteiger partial charge on any atom is 0.317 e. The minimum absolute atomic E-state index is 0.0431. The van der Waals surface area contributed by atoms with Gasteiger partial charge in [-0.1, -0.05) is 132 Å². The average molecular weight is 2120 g/mol. The van der Waals surface area contributed by atoms with Crippen molar-refractivity contribution in [2.75, 3.05) is 105 Å². The first-order valence-electron chi connectivity index (χ1n) is 51.3. The summed E-state index contributed by atoms with van der Waals surface area (Å²) in [4.78, 5) is 267. The summed E-state index contributed by atoms with van der Waals surface area (Å²) in [6.45, 7) is 0.0265. The molecule has 1 aromatic heterocycles. The molecule has 2 aromatic carbocycles. The number of Topliss-reactive ketones (excluding diaryl/α,β-unsaturated/α-hetero) is 1. The zero-order valence-electron chi connectivity index (χ0n) is 85.8. The Bertz CT molecular complexity index is 4910. The number of unbranched alkanes of at least 4 members (excludes halogenated alkanes) is 14. The molecule has 0 spiro atoms. The zero-order valence-corrected chi connectivity index (χ0v) is 85.8. The molecule has 15 amide bonds. The molecule has 0 aliphatic carbocycles. The molecule has 3 aromatic rings. The Morgan fingerprint density at radius 1 is 0.513 bits per heavy atom. The Labute approximate surface area is 870 Å². The van der Waals surface area contributed by atoms with Gasteiger partial charge in [0.2, 0.25) is 88.6 Å². The van der Waals surface area contributed by atoms with Gasteiger partial charge in [-0.2, -0.15) is 0 Å². The topological polar surface area (TPSA) is 772 Å². The highest BCUT2D eigenvalue weighted by molar-refractivity contribution is 6.02. The van der Waals surface area contributed by atoms with Crippen LogP contribution in [0, 0.1) is 0 Å². The van der Waals surface area contributed by atoms with Crippen molar-refractivity contribution >= 4 is 135 Å². The lowest BCUT2D eigenvalue weighted by Gasteiger charge is -2.31. The number of benzene rings is 2. The number of para-hydroxylation sites is 1. The standard InChI is InChI=1S/C71H100N18O21.C29H55N3O8/c1-39(35-90)77-60(100)48(20-8-9-26-88(33-58(96)97)34-59(98)99)80-66(106)54(36-91)85-67(107)55(37-92)86-68(108)56(38-93)87-69(109)57-23-13-27-89(57)70(110)53-31-44(95)17-10-21-47(78-40(2)94)61(101)83-52(30-43-16-11-24-74-43)65(105)81-50(28-41-14-4-3-5-15-41)63(103)79-49(22-12-25-75-71(72)73)62(102)82-51(64(104)84-53)29-42-32-76-46-19-7-6-18-45(42)46;1-25(34)32-26(24-33)29(38)31-19-21-40-23-22-39-20-18-30-27(35)16-14-12-10-8-6-4-2-3-5-7-9-11-13-15-17-28(36)37/h3-7,14-16,18-19,24,32,39,47-57,76,90-93H,8-13,17,20-23,25-31,33-38H2,1-2H3,(H,77,100)(H,78,94)(H,79,103)(H,80,106)(H,81,105)(H,82,102)(H,83,101)(H,84,104)(H,85,107)(H,86,108)(H,87,109)(H,96,97)(H,98,99)(H4,72,73,75);26,33H,2-24H2,1H3,(H,30,35)(H,31,38)(H,32,34)(H,36,37)/t39-,47+,48+,49+,50-,51+,52+,53+,54+,55+,56+,57+;26-/m10/s1. The van der Waals surface area contributed by atoms with Crippen molar-refractivity contribution in [1.29, 1.82) is 0 Å². The molecule has 13 atom stereocenters. The van der Waals surface area contributed by atoms with Gasteiger partial charge < -0.3 is 146 Å². The third kappa shape index (κ3) is 50.7. The highest BCUT2D eigenvalue weighted by Gasteiger charge is 2.43. The van der Waals surface area contributed by atoms with Gasteiger partial charge in [0.25, 0.3) is 0 Å². The van der Waals surface area contributed by atoms with E-state index in [4.69, 9.17) is 31.2 Å². The predicted octanol–water partition coefficient (Wildman–Crippen LogP) is -3.05. The number of carbonyl (C=O) groups excluding carboxylic acids is 16. The second kappa shape index (κ2) is 72.0. The predicted molar refractivity (Wildman–Crippen MR) is 546 cm³/mol.